The fourth-order valence-corrected chi connectivity index (χ4v) is 2.85. The van der Waals surface area contributed by atoms with Crippen molar-refractivity contribution < 1.29 is 14.4 Å². The highest BCUT2D eigenvalue weighted by molar-refractivity contribution is 5.99. The number of ether oxygens (including phenoxy) is 1. The summed E-state index contributed by atoms with van der Waals surface area (Å²) in [6.07, 6.45) is 0. The zero-order chi connectivity index (χ0) is 17.3. The fraction of sp³-hybridized carbons (Fsp3) is 0.278. The highest BCUT2D eigenvalue weighted by atomic mass is 16.7. The molecule has 24 heavy (non-hydrogen) atoms. The van der Waals surface area contributed by atoms with E-state index in [9.17, 15) is 4.79 Å². The molecule has 0 radical (unpaired) electrons. The summed E-state index contributed by atoms with van der Waals surface area (Å²) < 4.78 is 5.82. The zero-order valence-electron chi connectivity index (χ0n) is 14.0. The molecule has 1 atom stereocenters. The largest absolute Gasteiger partial charge is 0.489 e. The molecule has 2 aromatic rings. The van der Waals surface area contributed by atoms with Crippen LogP contribution in [0.1, 0.15) is 15.9 Å². The van der Waals surface area contributed by atoms with Gasteiger partial charge in [-0.3, -0.25) is 15.4 Å². The van der Waals surface area contributed by atoms with E-state index in [1.54, 1.807) is 6.07 Å². The number of nitrogens with two attached hydrogens (primary N) is 1. The maximum absolute atomic E-state index is 12.6. The molecule has 1 unspecified atom stereocenters. The van der Waals surface area contributed by atoms with E-state index < -0.39 is 5.66 Å². The lowest BCUT2D eigenvalue weighted by molar-refractivity contribution is -0.167. The van der Waals surface area contributed by atoms with Gasteiger partial charge in [0.1, 0.15) is 12.4 Å². The van der Waals surface area contributed by atoms with E-state index in [2.05, 4.69) is 0 Å². The number of hydroxylamine groups is 2. The molecule has 0 fully saturated rings. The van der Waals surface area contributed by atoms with Crippen LogP contribution in [0.2, 0.25) is 0 Å². The minimum atomic E-state index is -1.19. The molecule has 3 rings (SSSR count). The first kappa shape index (κ1) is 16.3. The summed E-state index contributed by atoms with van der Waals surface area (Å²) in [5, 5.41) is 1.18. The molecule has 0 spiro atoms. The van der Waals surface area contributed by atoms with Crippen LogP contribution in [0.5, 0.6) is 5.75 Å². The molecule has 0 aromatic heterocycles. The van der Waals surface area contributed by atoms with Crippen molar-refractivity contribution in [3.63, 3.8) is 0 Å². The van der Waals surface area contributed by atoms with Crippen LogP contribution < -0.4 is 15.4 Å². The molecule has 0 aliphatic carbocycles. The lowest BCUT2D eigenvalue weighted by atomic mass is 9.99. The van der Waals surface area contributed by atoms with Gasteiger partial charge in [-0.05, 0) is 30.3 Å². The minimum Gasteiger partial charge on any atom is -0.489 e. The maximum Gasteiger partial charge on any atom is 0.280 e. The number of fused-ring (bicyclic) bond motifs is 1. The van der Waals surface area contributed by atoms with Crippen molar-refractivity contribution in [2.75, 3.05) is 32.7 Å². The van der Waals surface area contributed by atoms with Gasteiger partial charge in [-0.25, -0.2) is 0 Å². The Kier molecular flexibility index (Phi) is 4.17. The van der Waals surface area contributed by atoms with Gasteiger partial charge in [-0.2, -0.15) is 5.06 Å². The van der Waals surface area contributed by atoms with E-state index in [4.69, 9.17) is 15.3 Å². The second kappa shape index (κ2) is 6.14. The maximum atomic E-state index is 12.6. The van der Waals surface area contributed by atoms with Crippen LogP contribution in [-0.4, -0.2) is 38.8 Å². The summed E-state index contributed by atoms with van der Waals surface area (Å²) in [7, 11) is 5.30. The Morgan fingerprint density at radius 2 is 1.88 bits per heavy atom. The van der Waals surface area contributed by atoms with Crippen molar-refractivity contribution in [3.05, 3.63) is 59.7 Å². The van der Waals surface area contributed by atoms with E-state index >= 15 is 0 Å². The van der Waals surface area contributed by atoms with Gasteiger partial charge < -0.3 is 9.64 Å². The van der Waals surface area contributed by atoms with E-state index in [-0.39, 0.29) is 12.5 Å². The molecular weight excluding hydrogens is 306 g/mol. The standard InChI is InChI=1S/C18H21N3O3/c1-20(2)13-9-10-15-16(11-13)18(19,21(23-3)17(15)22)12-24-14-7-5-4-6-8-14/h4-11H,12,19H2,1-3H3. The van der Waals surface area contributed by atoms with Crippen molar-refractivity contribution in [1.82, 2.24) is 5.06 Å². The highest BCUT2D eigenvalue weighted by Crippen LogP contribution is 2.37. The number of carbonyl (C=O) groups is 1. The molecule has 1 amide bonds. The van der Waals surface area contributed by atoms with Gasteiger partial charge in [-0.15, -0.1) is 0 Å². The predicted octanol–water partition coefficient (Wildman–Crippen LogP) is 1.96. The number of rotatable bonds is 5. The molecule has 2 aromatic carbocycles. The summed E-state index contributed by atoms with van der Waals surface area (Å²) in [6.45, 7) is 0.0838. The van der Waals surface area contributed by atoms with Crippen LogP contribution in [0.3, 0.4) is 0 Å². The van der Waals surface area contributed by atoms with Crippen LogP contribution in [0.25, 0.3) is 0 Å². The molecule has 6 nitrogen and oxygen atoms in total. The number of nitrogens with zero attached hydrogens (tertiary/aromatic N) is 2. The Morgan fingerprint density at radius 3 is 2.50 bits per heavy atom. The Labute approximate surface area is 141 Å². The molecule has 126 valence electrons. The third kappa shape index (κ3) is 2.60. The number of benzene rings is 2. The lowest BCUT2D eigenvalue weighted by Crippen LogP contribution is -2.54. The predicted molar refractivity (Wildman–Crippen MR) is 91.7 cm³/mol. The van der Waals surface area contributed by atoms with Crippen molar-refractivity contribution >= 4 is 11.6 Å². The number of amides is 1. The van der Waals surface area contributed by atoms with Gasteiger partial charge in [0.2, 0.25) is 0 Å². The topological polar surface area (TPSA) is 68.0 Å². The number of hydrogen-bond donors (Lipinski definition) is 1. The van der Waals surface area contributed by atoms with Crippen LogP contribution in [0, 0.1) is 0 Å². The SMILES string of the molecule is CON1C(=O)c2ccc(N(C)C)cc2C1(N)COc1ccccc1. The summed E-state index contributed by atoms with van der Waals surface area (Å²) in [4.78, 5) is 19.8. The van der Waals surface area contributed by atoms with Crippen LogP contribution in [0.15, 0.2) is 48.5 Å². The monoisotopic (exact) mass is 327 g/mol. The summed E-state index contributed by atoms with van der Waals surface area (Å²) in [5.74, 6) is 0.417. The van der Waals surface area contributed by atoms with Crippen molar-refractivity contribution in [2.45, 2.75) is 5.66 Å². The molecule has 1 aliphatic heterocycles. The van der Waals surface area contributed by atoms with Gasteiger partial charge in [0.05, 0.1) is 7.11 Å². The zero-order valence-corrected chi connectivity index (χ0v) is 14.0. The number of anilines is 1. The molecule has 0 saturated heterocycles. The molecule has 0 bridgehead atoms. The molecule has 1 heterocycles. The summed E-state index contributed by atoms with van der Waals surface area (Å²) in [6, 6.07) is 14.9. The summed E-state index contributed by atoms with van der Waals surface area (Å²) in [5.41, 5.74) is 7.55. The van der Waals surface area contributed by atoms with E-state index in [1.165, 1.54) is 12.2 Å². The Balaban J connectivity index is 1.98. The second-order valence-corrected chi connectivity index (χ2v) is 5.93. The van der Waals surface area contributed by atoms with Crippen molar-refractivity contribution in [3.8, 4) is 5.75 Å². The molecule has 1 aliphatic rings. The van der Waals surface area contributed by atoms with Crippen LogP contribution in [-0.2, 0) is 10.5 Å². The van der Waals surface area contributed by atoms with Gasteiger partial charge >= 0.3 is 0 Å². The van der Waals surface area contributed by atoms with Crippen LogP contribution >= 0.6 is 0 Å². The summed E-state index contributed by atoms with van der Waals surface area (Å²) >= 11 is 0. The second-order valence-electron chi connectivity index (χ2n) is 5.93. The number of carbonyl (C=O) groups excluding carboxylic acids is 1. The normalized spacial score (nSPS) is 19.3. The smallest absolute Gasteiger partial charge is 0.280 e. The molecule has 0 saturated carbocycles. The lowest BCUT2D eigenvalue weighted by Gasteiger charge is -2.33. The molecular formula is C18H21N3O3. The fourth-order valence-electron chi connectivity index (χ4n) is 2.85. The van der Waals surface area contributed by atoms with Gasteiger partial charge in [0.25, 0.3) is 5.91 Å². The minimum absolute atomic E-state index is 0.0838. The Morgan fingerprint density at radius 1 is 1.17 bits per heavy atom. The van der Waals surface area contributed by atoms with Gasteiger partial charge in [0, 0.05) is 30.9 Å². The van der Waals surface area contributed by atoms with E-state index in [0.717, 1.165) is 5.69 Å². The first-order valence-corrected chi connectivity index (χ1v) is 7.64. The average Bonchev–Trinajstić information content (AvgIpc) is 2.81. The van der Waals surface area contributed by atoms with E-state index in [0.29, 0.717) is 16.9 Å². The average molecular weight is 327 g/mol. The molecule has 6 heteroatoms. The highest BCUT2D eigenvalue weighted by Gasteiger charge is 2.49. The molecule has 2 N–H and O–H groups in total. The third-order valence-corrected chi connectivity index (χ3v) is 4.15. The number of hydrogen-bond acceptors (Lipinski definition) is 5. The van der Waals surface area contributed by atoms with Crippen LogP contribution in [0.4, 0.5) is 5.69 Å². The van der Waals surface area contributed by atoms with Gasteiger partial charge in [0.15, 0.2) is 5.66 Å². The third-order valence-electron chi connectivity index (χ3n) is 4.15. The van der Waals surface area contributed by atoms with Gasteiger partial charge in [-0.1, -0.05) is 18.2 Å². The Hall–Kier alpha value is -2.57. The first-order chi connectivity index (χ1) is 11.5. The van der Waals surface area contributed by atoms with Crippen molar-refractivity contribution in [1.29, 1.82) is 0 Å². The Bertz CT molecular complexity index is 748. The first-order valence-electron chi connectivity index (χ1n) is 7.64. The number of para-hydroxylation sites is 1. The quantitative estimate of drug-likeness (QED) is 0.909. The van der Waals surface area contributed by atoms with E-state index in [1.807, 2.05) is 61.5 Å². The van der Waals surface area contributed by atoms with Crippen molar-refractivity contribution in [2.24, 2.45) is 5.73 Å².